The van der Waals surface area contributed by atoms with Gasteiger partial charge in [0, 0.05) is 71.7 Å². The molecular formula is C48H60N3O14P. The molecule has 3 heterocycles. The van der Waals surface area contributed by atoms with Crippen molar-refractivity contribution in [2.75, 3.05) is 139 Å². The minimum Gasteiger partial charge on any atom is -0.462 e. The quantitative estimate of drug-likeness (QED) is 0.0342. The predicted octanol–water partition coefficient (Wildman–Crippen LogP) is 7.18. The van der Waals surface area contributed by atoms with Gasteiger partial charge in [0.25, 0.3) is 0 Å². The number of rotatable bonds is 29. The maximum absolute atomic E-state index is 13.5. The first-order valence-electron chi connectivity index (χ1n) is 22.1. The number of carbonyl (C=O) groups excluding carboxylic acids is 2. The van der Waals surface area contributed by atoms with Gasteiger partial charge in [0.1, 0.15) is 37.5 Å². The van der Waals surface area contributed by atoms with E-state index in [1.54, 1.807) is 14.2 Å². The molecule has 7 aromatic rings. The van der Waals surface area contributed by atoms with Gasteiger partial charge in [0.2, 0.25) is 0 Å². The van der Waals surface area contributed by atoms with Crippen molar-refractivity contribution in [3.05, 3.63) is 72.8 Å². The fourth-order valence-corrected chi connectivity index (χ4v) is 8.73. The molecule has 0 spiro atoms. The molecule has 0 unspecified atom stereocenters. The Bertz CT molecular complexity index is 2530. The van der Waals surface area contributed by atoms with E-state index in [0.29, 0.717) is 90.4 Å². The molecule has 0 saturated heterocycles. The van der Waals surface area contributed by atoms with Crippen molar-refractivity contribution in [1.29, 1.82) is 0 Å². The molecule has 66 heavy (non-hydrogen) atoms. The molecule has 0 aliphatic rings. The Morgan fingerprint density at radius 3 is 1.17 bits per heavy atom. The average Bonchev–Trinajstić information content (AvgIpc) is 3.73. The summed E-state index contributed by atoms with van der Waals surface area (Å²) in [5.41, 5.74) is 4.63. The number of benzene rings is 4. The van der Waals surface area contributed by atoms with Crippen LogP contribution in [0.5, 0.6) is 0 Å². The molecule has 18 heteroatoms. The van der Waals surface area contributed by atoms with Crippen LogP contribution in [0.1, 0.15) is 0 Å². The largest absolute Gasteiger partial charge is 0.462 e. The molecule has 4 aromatic carbocycles. The van der Waals surface area contributed by atoms with Crippen molar-refractivity contribution < 1.29 is 65.4 Å². The summed E-state index contributed by atoms with van der Waals surface area (Å²) in [6, 6.07) is 23.9. The predicted molar refractivity (Wildman–Crippen MR) is 253 cm³/mol. The smallest absolute Gasteiger partial charge is 0.326 e. The van der Waals surface area contributed by atoms with E-state index in [4.69, 9.17) is 55.8 Å². The van der Waals surface area contributed by atoms with Gasteiger partial charge >= 0.3 is 20.1 Å². The molecule has 0 bridgehead atoms. The fraction of sp³-hybridized carbons (Fsp3) is 0.458. The van der Waals surface area contributed by atoms with E-state index in [9.17, 15) is 9.59 Å². The number of ether oxygens (including phenoxy) is 10. The zero-order valence-electron chi connectivity index (χ0n) is 38.2. The zero-order valence-corrected chi connectivity index (χ0v) is 39.1. The third-order valence-electron chi connectivity index (χ3n) is 10.6. The highest BCUT2D eigenvalue weighted by Crippen LogP contribution is 2.45. The number of hydrogen-bond acceptors (Lipinski definition) is 15. The standard InChI is InChI=1S/C48H60N3O14P/c1-49(2)66-64-41-15-13-39-45(35-9-5-7-11-37(35)50(39)33-43(52)62-31-29-60-27-25-58-23-21-56-19-17-54-3)47(41)48-42(65-66)16-14-40-46(48)36-10-6-8-12-38(36)51(40)34-44(53)63-32-30-61-28-26-59-24-22-57-20-18-55-4/h5-16H,17-34H2,1-4H3. The lowest BCUT2D eigenvalue weighted by molar-refractivity contribution is -0.146. The van der Waals surface area contributed by atoms with E-state index in [1.165, 1.54) is 0 Å². The van der Waals surface area contributed by atoms with Crippen molar-refractivity contribution in [3.8, 4) is 0 Å². The number of aromatic nitrogens is 2. The van der Waals surface area contributed by atoms with Gasteiger partial charge in [0.05, 0.1) is 104 Å². The Kier molecular flexibility index (Phi) is 18.7. The minimum absolute atomic E-state index is 0.0286. The summed E-state index contributed by atoms with van der Waals surface area (Å²) in [7, 11) is 5.54. The van der Waals surface area contributed by atoms with Crippen LogP contribution in [0.15, 0.2) is 81.2 Å². The lowest BCUT2D eigenvalue weighted by Crippen LogP contribution is -2.17. The van der Waals surface area contributed by atoms with Crippen LogP contribution in [0.3, 0.4) is 0 Å². The van der Waals surface area contributed by atoms with E-state index >= 15 is 0 Å². The number of methoxy groups -OCH3 is 2. The Morgan fingerprint density at radius 2 is 0.803 bits per heavy atom. The van der Waals surface area contributed by atoms with E-state index in [-0.39, 0.29) is 39.5 Å². The van der Waals surface area contributed by atoms with Gasteiger partial charge in [-0.2, -0.15) is 0 Å². The van der Waals surface area contributed by atoms with E-state index in [1.807, 2.05) is 88.6 Å². The molecule has 0 fully saturated rings. The van der Waals surface area contributed by atoms with Crippen molar-refractivity contribution in [2.45, 2.75) is 13.1 Å². The van der Waals surface area contributed by atoms with E-state index in [2.05, 4.69) is 12.1 Å². The highest BCUT2D eigenvalue weighted by atomic mass is 31.1. The third-order valence-corrected chi connectivity index (χ3v) is 12.0. The van der Waals surface area contributed by atoms with Crippen LogP contribution in [0.2, 0.25) is 0 Å². The second-order valence-electron chi connectivity index (χ2n) is 15.2. The second kappa shape index (κ2) is 25.2. The maximum Gasteiger partial charge on any atom is 0.326 e. The topological polar surface area (TPSA) is 166 Å². The van der Waals surface area contributed by atoms with Gasteiger partial charge in [-0.15, -0.1) is 0 Å². The van der Waals surface area contributed by atoms with E-state index in [0.717, 1.165) is 54.4 Å². The molecule has 0 N–H and O–H groups in total. The molecule has 3 aromatic heterocycles. The molecule has 0 aliphatic heterocycles. The molecule has 0 saturated carbocycles. The molecule has 0 radical (unpaired) electrons. The lowest BCUT2D eigenvalue weighted by Gasteiger charge is -2.10. The summed E-state index contributed by atoms with van der Waals surface area (Å²) in [5, 5.41) is 5.30. The minimum atomic E-state index is -1.57. The van der Waals surface area contributed by atoms with Gasteiger partial charge in [-0.05, 0) is 36.4 Å². The first kappa shape index (κ1) is 48.9. The average molecular weight is 934 g/mol. The zero-order chi connectivity index (χ0) is 46.1. The lowest BCUT2D eigenvalue weighted by atomic mass is 10.0. The molecule has 0 aliphatic carbocycles. The van der Waals surface area contributed by atoms with Crippen molar-refractivity contribution in [1.82, 2.24) is 9.13 Å². The van der Waals surface area contributed by atoms with Crippen LogP contribution in [0.25, 0.3) is 65.6 Å². The highest BCUT2D eigenvalue weighted by Gasteiger charge is 2.23. The van der Waals surface area contributed by atoms with Crippen LogP contribution in [-0.2, 0) is 70.0 Å². The summed E-state index contributed by atoms with van der Waals surface area (Å²) >= 11 is 0. The normalized spacial score (nSPS) is 12.0. The monoisotopic (exact) mass is 933 g/mol. The third kappa shape index (κ3) is 12.3. The SMILES string of the molecule is COCCOCCOCCOCCOC(=O)Cn1c2ccccc2c2c3c(ccc21)op(N(C)C)oc1ccc2c(c4ccccc4n2CC(=O)OCCOCCOCCOCCOC)c13. The second-order valence-corrected chi connectivity index (χ2v) is 16.9. The maximum atomic E-state index is 13.5. The van der Waals surface area contributed by atoms with Crippen LogP contribution in [0.4, 0.5) is 0 Å². The number of nitrogens with zero attached hydrogens (tertiary/aromatic N) is 3. The fourth-order valence-electron chi connectivity index (χ4n) is 7.73. The summed E-state index contributed by atoms with van der Waals surface area (Å²) < 4.78 is 73.7. The molecule has 0 amide bonds. The summed E-state index contributed by atoms with van der Waals surface area (Å²) in [4.78, 5) is 27.0. The number of fused-ring (bicyclic) bond motifs is 11. The summed E-state index contributed by atoms with van der Waals surface area (Å²) in [6.45, 7) is 6.18. The number of para-hydroxylation sites is 2. The van der Waals surface area contributed by atoms with Crippen molar-refractivity contribution in [2.24, 2.45) is 0 Å². The first-order chi connectivity index (χ1) is 32.4. The van der Waals surface area contributed by atoms with E-state index < -0.39 is 20.1 Å². The van der Waals surface area contributed by atoms with Crippen molar-refractivity contribution >= 4 is 85.7 Å². The Morgan fingerprint density at radius 1 is 0.455 bits per heavy atom. The molecular weight excluding hydrogens is 874 g/mol. The van der Waals surface area contributed by atoms with Gasteiger partial charge in [0.15, 0.2) is 0 Å². The Balaban J connectivity index is 1.14. The highest BCUT2D eigenvalue weighted by molar-refractivity contribution is 7.38. The molecule has 0 atom stereocenters. The first-order valence-corrected chi connectivity index (χ1v) is 23.2. The van der Waals surface area contributed by atoms with Gasteiger partial charge in [-0.1, -0.05) is 36.4 Å². The van der Waals surface area contributed by atoms with Crippen molar-refractivity contribution in [3.63, 3.8) is 0 Å². The van der Waals surface area contributed by atoms with Gasteiger partial charge in [-0.25, -0.2) is 4.67 Å². The van der Waals surface area contributed by atoms with Gasteiger partial charge in [-0.3, -0.25) is 9.59 Å². The number of hydrogen-bond donors (Lipinski definition) is 0. The van der Waals surface area contributed by atoms with Gasteiger partial charge < -0.3 is 64.9 Å². The van der Waals surface area contributed by atoms with Crippen LogP contribution < -0.4 is 4.67 Å². The number of carbonyl (C=O) groups is 2. The van der Waals surface area contributed by atoms with Crippen LogP contribution in [0, 0.1) is 0 Å². The number of esters is 2. The Labute approximate surface area is 383 Å². The molecule has 356 valence electrons. The summed E-state index contributed by atoms with van der Waals surface area (Å²) in [5.74, 6) is -0.796. The summed E-state index contributed by atoms with van der Waals surface area (Å²) in [6.07, 6.45) is 0. The van der Waals surface area contributed by atoms with Crippen LogP contribution in [-0.4, -0.2) is 155 Å². The van der Waals surface area contributed by atoms with Crippen LogP contribution >= 0.6 is 8.16 Å². The Hall–Kier alpha value is -5.04. The molecule has 17 nitrogen and oxygen atoms in total. The molecule has 7 rings (SSSR count).